The molecule has 3 aromatic carbocycles. The Bertz CT molecular complexity index is 1200. The number of carbonyl (C=O) groups excluding carboxylic acids is 2. The van der Waals surface area contributed by atoms with Gasteiger partial charge in [-0.3, -0.25) is 9.59 Å². The maximum atomic E-state index is 13.5. The lowest BCUT2D eigenvalue weighted by molar-refractivity contribution is -0.120. The number of amides is 2. The van der Waals surface area contributed by atoms with Gasteiger partial charge >= 0.3 is 0 Å². The number of hydrogen-bond acceptors (Lipinski definition) is 4. The minimum atomic E-state index is -0.367. The molecule has 0 aliphatic carbocycles. The van der Waals surface area contributed by atoms with Gasteiger partial charge in [-0.25, -0.2) is 4.90 Å². The summed E-state index contributed by atoms with van der Waals surface area (Å²) in [7, 11) is 0. The molecule has 4 nitrogen and oxygen atoms in total. The Balaban J connectivity index is 1.70. The number of benzene rings is 3. The van der Waals surface area contributed by atoms with E-state index in [4.69, 9.17) is 11.6 Å². The number of thioether (sulfide) groups is 1. The number of rotatable bonds is 7. The normalized spacial score (nSPS) is 13.9. The van der Waals surface area contributed by atoms with Crippen molar-refractivity contribution in [3.63, 3.8) is 0 Å². The summed E-state index contributed by atoms with van der Waals surface area (Å²) >= 11 is 7.28. The number of carbonyl (C=O) groups is 2. The van der Waals surface area contributed by atoms with Crippen LogP contribution in [0, 0.1) is 0 Å². The molecule has 1 N–H and O–H groups in total. The quantitative estimate of drug-likeness (QED) is 0.372. The molecule has 2 amide bonds. The molecule has 0 aromatic heterocycles. The van der Waals surface area contributed by atoms with Gasteiger partial charge in [0.1, 0.15) is 10.6 Å². The van der Waals surface area contributed by atoms with Crippen LogP contribution in [0.3, 0.4) is 0 Å². The first-order chi connectivity index (χ1) is 15.9. The predicted octanol–water partition coefficient (Wildman–Crippen LogP) is 7.02. The summed E-state index contributed by atoms with van der Waals surface area (Å²) in [6.45, 7) is 6.33. The van der Waals surface area contributed by atoms with Crippen LogP contribution < -0.4 is 10.2 Å². The second-order valence-electron chi connectivity index (χ2n) is 8.13. The summed E-state index contributed by atoms with van der Waals surface area (Å²) in [6, 6.07) is 22.7. The number of nitrogens with zero attached hydrogens (tertiary/aromatic N) is 1. The molecule has 1 heterocycles. The number of anilines is 2. The minimum Gasteiger partial charge on any atom is -0.350 e. The van der Waals surface area contributed by atoms with Crippen LogP contribution in [0.4, 0.5) is 11.4 Å². The van der Waals surface area contributed by atoms with Gasteiger partial charge in [0.05, 0.1) is 5.69 Å². The second-order valence-corrected chi connectivity index (χ2v) is 9.65. The van der Waals surface area contributed by atoms with Gasteiger partial charge in [-0.2, -0.15) is 0 Å². The molecular formula is C27H25ClN2O2S. The Morgan fingerprint density at radius 2 is 1.52 bits per heavy atom. The Morgan fingerprint density at radius 3 is 2.09 bits per heavy atom. The van der Waals surface area contributed by atoms with E-state index >= 15 is 0 Å². The Kier molecular flexibility index (Phi) is 6.91. The molecule has 33 heavy (non-hydrogen) atoms. The van der Waals surface area contributed by atoms with Crippen LogP contribution >= 0.6 is 23.4 Å². The molecule has 0 spiro atoms. The molecular weight excluding hydrogens is 452 g/mol. The van der Waals surface area contributed by atoms with Crippen LogP contribution in [0.1, 0.15) is 37.8 Å². The van der Waals surface area contributed by atoms with Crippen LogP contribution in [0.15, 0.2) is 88.3 Å². The smallest absolute Gasteiger partial charge is 0.283 e. The average Bonchev–Trinajstić information content (AvgIpc) is 3.05. The SMILES string of the molecule is CCc1ccc(N2C(=O)C(Nc3ccc(C(C)C)cc3)=C(Sc3ccc(Cl)cc3)C2=O)cc1. The Morgan fingerprint density at radius 1 is 0.879 bits per heavy atom. The number of halogens is 1. The molecule has 0 saturated carbocycles. The zero-order valence-corrected chi connectivity index (χ0v) is 20.3. The number of nitrogens with one attached hydrogen (secondary N) is 1. The summed E-state index contributed by atoms with van der Waals surface area (Å²) in [5.41, 5.74) is 3.94. The fourth-order valence-electron chi connectivity index (χ4n) is 3.55. The van der Waals surface area contributed by atoms with E-state index in [1.54, 1.807) is 12.1 Å². The van der Waals surface area contributed by atoms with E-state index in [-0.39, 0.29) is 17.5 Å². The first kappa shape index (κ1) is 23.1. The fraction of sp³-hybridized carbons (Fsp3) is 0.185. The standard InChI is InChI=1S/C27H25ClN2O2S/c1-4-18-5-13-22(14-6-18)30-26(31)24(29-21-11-7-19(8-12-21)17(2)3)25(27(30)32)33-23-15-9-20(28)10-16-23/h5-17,29H,4H2,1-3H3. The van der Waals surface area contributed by atoms with Gasteiger partial charge in [0, 0.05) is 15.6 Å². The van der Waals surface area contributed by atoms with Crippen molar-refractivity contribution in [1.29, 1.82) is 0 Å². The minimum absolute atomic E-state index is 0.275. The zero-order valence-electron chi connectivity index (χ0n) is 18.8. The molecule has 1 aliphatic rings. The molecule has 0 fully saturated rings. The van der Waals surface area contributed by atoms with E-state index in [1.165, 1.54) is 22.2 Å². The topological polar surface area (TPSA) is 49.4 Å². The van der Waals surface area contributed by atoms with Gasteiger partial charge in [-0.05, 0) is 72.0 Å². The van der Waals surface area contributed by atoms with Gasteiger partial charge in [0.2, 0.25) is 0 Å². The van der Waals surface area contributed by atoms with Gasteiger partial charge < -0.3 is 5.32 Å². The number of aryl methyl sites for hydroxylation is 1. The lowest BCUT2D eigenvalue weighted by atomic mass is 10.0. The predicted molar refractivity (Wildman–Crippen MR) is 137 cm³/mol. The summed E-state index contributed by atoms with van der Waals surface area (Å²) in [4.78, 5) is 29.3. The highest BCUT2D eigenvalue weighted by Crippen LogP contribution is 2.38. The van der Waals surface area contributed by atoms with Crippen LogP contribution in [0.2, 0.25) is 5.02 Å². The molecule has 6 heteroatoms. The maximum Gasteiger partial charge on any atom is 0.283 e. The fourth-order valence-corrected chi connectivity index (χ4v) is 4.60. The largest absolute Gasteiger partial charge is 0.350 e. The van der Waals surface area contributed by atoms with Gasteiger partial charge in [-0.15, -0.1) is 0 Å². The van der Waals surface area contributed by atoms with E-state index in [2.05, 4.69) is 26.1 Å². The molecule has 3 aromatic rings. The summed E-state index contributed by atoms with van der Waals surface area (Å²) in [6.07, 6.45) is 0.886. The molecule has 0 bridgehead atoms. The summed E-state index contributed by atoms with van der Waals surface area (Å²) in [5.74, 6) is -0.301. The highest BCUT2D eigenvalue weighted by Gasteiger charge is 2.40. The summed E-state index contributed by atoms with van der Waals surface area (Å²) in [5, 5.41) is 3.83. The van der Waals surface area contributed by atoms with E-state index < -0.39 is 0 Å². The van der Waals surface area contributed by atoms with Crippen molar-refractivity contribution in [1.82, 2.24) is 0 Å². The third-order valence-corrected chi connectivity index (χ3v) is 6.87. The first-order valence-electron chi connectivity index (χ1n) is 10.9. The average molecular weight is 477 g/mol. The molecule has 1 aliphatic heterocycles. The van der Waals surface area contributed by atoms with Gasteiger partial charge in [0.15, 0.2) is 0 Å². The van der Waals surface area contributed by atoms with Crippen molar-refractivity contribution in [2.24, 2.45) is 0 Å². The number of hydrogen-bond donors (Lipinski definition) is 1. The van der Waals surface area contributed by atoms with E-state index in [0.29, 0.717) is 21.5 Å². The van der Waals surface area contributed by atoms with Crippen molar-refractivity contribution >= 4 is 46.6 Å². The molecule has 0 saturated heterocycles. The Hall–Kier alpha value is -3.02. The van der Waals surface area contributed by atoms with E-state index in [1.807, 2.05) is 60.7 Å². The third kappa shape index (κ3) is 5.00. The molecule has 4 rings (SSSR count). The van der Waals surface area contributed by atoms with Crippen molar-refractivity contribution in [3.05, 3.63) is 99.5 Å². The molecule has 0 atom stereocenters. The van der Waals surface area contributed by atoms with Crippen LogP contribution in [0.25, 0.3) is 0 Å². The monoisotopic (exact) mass is 476 g/mol. The lowest BCUT2D eigenvalue weighted by Crippen LogP contribution is -2.32. The zero-order chi connectivity index (χ0) is 23.5. The molecule has 168 valence electrons. The lowest BCUT2D eigenvalue weighted by Gasteiger charge is -2.16. The van der Waals surface area contributed by atoms with Crippen molar-refractivity contribution in [2.45, 2.75) is 38.0 Å². The van der Waals surface area contributed by atoms with Crippen molar-refractivity contribution in [3.8, 4) is 0 Å². The van der Waals surface area contributed by atoms with Gasteiger partial charge in [0.25, 0.3) is 11.8 Å². The molecule has 0 unspecified atom stereocenters. The van der Waals surface area contributed by atoms with Crippen molar-refractivity contribution in [2.75, 3.05) is 10.2 Å². The number of imide groups is 1. The molecule has 0 radical (unpaired) electrons. The van der Waals surface area contributed by atoms with Crippen LogP contribution in [-0.2, 0) is 16.0 Å². The first-order valence-corrected chi connectivity index (χ1v) is 12.1. The maximum absolute atomic E-state index is 13.5. The highest BCUT2D eigenvalue weighted by atomic mass is 35.5. The highest BCUT2D eigenvalue weighted by molar-refractivity contribution is 8.04. The van der Waals surface area contributed by atoms with Crippen LogP contribution in [-0.4, -0.2) is 11.8 Å². The summed E-state index contributed by atoms with van der Waals surface area (Å²) < 4.78 is 0. The van der Waals surface area contributed by atoms with E-state index in [9.17, 15) is 9.59 Å². The van der Waals surface area contributed by atoms with Crippen molar-refractivity contribution < 1.29 is 9.59 Å². The third-order valence-electron chi connectivity index (χ3n) is 5.52. The van der Waals surface area contributed by atoms with Crippen LogP contribution in [0.5, 0.6) is 0 Å². The second kappa shape index (κ2) is 9.86. The Labute approximate surface area is 203 Å². The van der Waals surface area contributed by atoms with Gasteiger partial charge in [-0.1, -0.05) is 68.4 Å². The van der Waals surface area contributed by atoms with E-state index in [0.717, 1.165) is 22.6 Å².